The van der Waals surface area contributed by atoms with E-state index in [0.717, 1.165) is 60.0 Å². The Bertz CT molecular complexity index is 1230. The topological polar surface area (TPSA) is 60.2 Å². The maximum atomic E-state index is 13.0. The summed E-state index contributed by atoms with van der Waals surface area (Å²) in [4.78, 5) is 19.6. The summed E-state index contributed by atoms with van der Waals surface area (Å²) in [5.41, 5.74) is 3.37. The second kappa shape index (κ2) is 8.39. The summed E-state index contributed by atoms with van der Waals surface area (Å²) < 4.78 is 38.9. The molecular weight excluding hydrogens is 449 g/mol. The lowest BCUT2D eigenvalue weighted by molar-refractivity contribution is -0.137. The zero-order valence-electron chi connectivity index (χ0n) is 17.9. The molecule has 5 rings (SSSR count). The molecule has 9 heteroatoms. The van der Waals surface area contributed by atoms with Crippen molar-refractivity contribution in [1.82, 2.24) is 9.88 Å². The summed E-state index contributed by atoms with van der Waals surface area (Å²) >= 11 is 1.54. The van der Waals surface area contributed by atoms with Crippen LogP contribution in [0.3, 0.4) is 0 Å². The summed E-state index contributed by atoms with van der Waals surface area (Å²) in [5, 5.41) is 7.86. The number of H-pyrrole nitrogens is 1. The molecule has 33 heavy (non-hydrogen) atoms. The number of fused-ring (bicyclic) bond motifs is 2. The minimum Gasteiger partial charge on any atom is -0.367 e. The molecule has 2 aromatic heterocycles. The van der Waals surface area contributed by atoms with Crippen LogP contribution in [0.25, 0.3) is 6.08 Å². The average Bonchev–Trinajstić information content (AvgIpc) is 3.42. The van der Waals surface area contributed by atoms with E-state index in [0.29, 0.717) is 5.56 Å². The summed E-state index contributed by atoms with van der Waals surface area (Å²) in [6.45, 7) is 4.58. The minimum atomic E-state index is -4.45. The lowest BCUT2D eigenvalue weighted by Gasteiger charge is -2.35. The van der Waals surface area contributed by atoms with Crippen LogP contribution in [0.1, 0.15) is 44.9 Å². The van der Waals surface area contributed by atoms with Crippen molar-refractivity contribution >= 4 is 34.8 Å². The van der Waals surface area contributed by atoms with Gasteiger partial charge in [-0.2, -0.15) is 13.2 Å². The maximum absolute atomic E-state index is 13.0. The van der Waals surface area contributed by atoms with Crippen LogP contribution in [0.5, 0.6) is 0 Å². The van der Waals surface area contributed by atoms with Gasteiger partial charge in [-0.15, -0.1) is 11.3 Å². The zero-order valence-corrected chi connectivity index (χ0v) is 18.7. The molecule has 1 aromatic carbocycles. The normalized spacial score (nSPS) is 18.2. The molecular formula is C24H23F3N4OS. The van der Waals surface area contributed by atoms with Gasteiger partial charge < -0.3 is 15.6 Å². The van der Waals surface area contributed by atoms with Crippen LogP contribution >= 0.6 is 11.3 Å². The quantitative estimate of drug-likeness (QED) is 0.451. The molecule has 3 aromatic rings. The van der Waals surface area contributed by atoms with E-state index in [1.807, 2.05) is 17.6 Å². The summed E-state index contributed by atoms with van der Waals surface area (Å²) in [5.74, 6) is 0.675. The molecule has 0 saturated heterocycles. The third-order valence-electron chi connectivity index (χ3n) is 6.23. The van der Waals surface area contributed by atoms with Crippen LogP contribution in [0, 0.1) is 0 Å². The Balaban J connectivity index is 1.30. The molecule has 4 heterocycles. The number of alkyl halides is 3. The van der Waals surface area contributed by atoms with Crippen molar-refractivity contribution in [3.05, 3.63) is 74.6 Å². The fourth-order valence-corrected chi connectivity index (χ4v) is 5.68. The van der Waals surface area contributed by atoms with E-state index in [1.165, 1.54) is 29.0 Å². The third kappa shape index (κ3) is 4.30. The largest absolute Gasteiger partial charge is 0.416 e. The Morgan fingerprint density at radius 3 is 2.97 bits per heavy atom. The zero-order chi connectivity index (χ0) is 23.2. The lowest BCUT2D eigenvalue weighted by Crippen LogP contribution is -2.36. The Labute approximate surface area is 193 Å². The van der Waals surface area contributed by atoms with Crippen LogP contribution in [-0.4, -0.2) is 35.4 Å². The number of anilines is 2. The molecule has 172 valence electrons. The van der Waals surface area contributed by atoms with Gasteiger partial charge in [0, 0.05) is 53.4 Å². The molecule has 0 bridgehead atoms. The molecule has 0 radical (unpaired) electrons. The molecule has 0 spiro atoms. The Kier molecular flexibility index (Phi) is 5.54. The number of nitrogens with one attached hydrogen (secondary N) is 3. The lowest BCUT2D eigenvalue weighted by atomic mass is 9.97. The molecule has 1 unspecified atom stereocenters. The first-order chi connectivity index (χ1) is 15.8. The van der Waals surface area contributed by atoms with E-state index in [1.54, 1.807) is 0 Å². The van der Waals surface area contributed by atoms with Crippen molar-refractivity contribution in [2.45, 2.75) is 25.6 Å². The second-order valence-corrected chi connectivity index (χ2v) is 9.30. The number of aromatic amines is 1. The Hall–Kier alpha value is -3.04. The maximum Gasteiger partial charge on any atom is 0.416 e. The fourth-order valence-electron chi connectivity index (χ4n) is 4.49. The van der Waals surface area contributed by atoms with Gasteiger partial charge >= 0.3 is 6.18 Å². The van der Waals surface area contributed by atoms with Gasteiger partial charge in [0.25, 0.3) is 5.91 Å². The van der Waals surface area contributed by atoms with Gasteiger partial charge in [0.05, 0.1) is 11.1 Å². The molecule has 1 amide bonds. The van der Waals surface area contributed by atoms with Gasteiger partial charge in [-0.1, -0.05) is 6.07 Å². The molecule has 2 aliphatic heterocycles. The number of amides is 1. The fraction of sp³-hybridized carbons (Fsp3) is 0.292. The van der Waals surface area contributed by atoms with Gasteiger partial charge in [0.2, 0.25) is 0 Å². The Morgan fingerprint density at radius 2 is 2.15 bits per heavy atom. The van der Waals surface area contributed by atoms with E-state index < -0.39 is 11.7 Å². The number of aromatic nitrogens is 1. The van der Waals surface area contributed by atoms with Crippen LogP contribution in [0.4, 0.5) is 24.7 Å². The smallest absolute Gasteiger partial charge is 0.367 e. The molecule has 1 atom stereocenters. The predicted molar refractivity (Wildman–Crippen MR) is 125 cm³/mol. The van der Waals surface area contributed by atoms with Crippen molar-refractivity contribution in [1.29, 1.82) is 0 Å². The first kappa shape index (κ1) is 21.8. The van der Waals surface area contributed by atoms with Gasteiger partial charge in [-0.3, -0.25) is 9.69 Å². The summed E-state index contributed by atoms with van der Waals surface area (Å²) in [7, 11) is 0. The summed E-state index contributed by atoms with van der Waals surface area (Å²) in [6, 6.07) is 6.93. The molecule has 3 N–H and O–H groups in total. The second-order valence-electron chi connectivity index (χ2n) is 8.39. The number of benzene rings is 1. The Morgan fingerprint density at radius 1 is 1.30 bits per heavy atom. The van der Waals surface area contributed by atoms with Crippen molar-refractivity contribution < 1.29 is 18.0 Å². The molecule has 0 fully saturated rings. The van der Waals surface area contributed by atoms with Crippen molar-refractivity contribution in [2.24, 2.45) is 0 Å². The number of carbonyl (C=O) groups is 1. The van der Waals surface area contributed by atoms with Crippen LogP contribution in [-0.2, 0) is 12.6 Å². The van der Waals surface area contributed by atoms with E-state index in [2.05, 4.69) is 33.5 Å². The first-order valence-corrected chi connectivity index (χ1v) is 11.6. The van der Waals surface area contributed by atoms with Crippen molar-refractivity contribution in [3.8, 4) is 0 Å². The number of hydrogen-bond donors (Lipinski definition) is 3. The van der Waals surface area contributed by atoms with Crippen molar-refractivity contribution in [2.75, 3.05) is 30.3 Å². The number of thiophene rings is 1. The highest BCUT2D eigenvalue weighted by Gasteiger charge is 2.32. The van der Waals surface area contributed by atoms with Crippen LogP contribution in [0.15, 0.2) is 47.5 Å². The number of rotatable bonds is 4. The molecule has 0 saturated carbocycles. The highest BCUT2D eigenvalue weighted by molar-refractivity contribution is 7.10. The number of carbonyl (C=O) groups excluding carboxylic acids is 1. The minimum absolute atomic E-state index is 0.140. The van der Waals surface area contributed by atoms with Gasteiger partial charge in [0.15, 0.2) is 0 Å². The van der Waals surface area contributed by atoms with E-state index >= 15 is 0 Å². The van der Waals surface area contributed by atoms with E-state index in [-0.39, 0.29) is 17.6 Å². The van der Waals surface area contributed by atoms with Gasteiger partial charge in [-0.25, -0.2) is 0 Å². The average molecular weight is 473 g/mol. The highest BCUT2D eigenvalue weighted by atomic mass is 32.1. The molecule has 2 aliphatic rings. The number of nitrogens with zero attached hydrogens (tertiary/aromatic N) is 1. The van der Waals surface area contributed by atoms with E-state index in [9.17, 15) is 18.0 Å². The predicted octanol–water partition coefficient (Wildman–Crippen LogP) is 5.78. The standard InChI is InChI=1S/C24H23F3N4OS/c1-14-21-19(6-8-31(14)12-15-9-16-5-7-28-22(16)29-11-15)20(13-33-21)23(32)30-18-4-2-3-17(10-18)24(25,26)27/h2-5,7,9-10,13-14,28-29H,6,8,11-12H2,1H3,(H,30,32). The molecule has 5 nitrogen and oxygen atoms in total. The first-order valence-electron chi connectivity index (χ1n) is 10.7. The van der Waals surface area contributed by atoms with Gasteiger partial charge in [-0.05, 0) is 54.8 Å². The van der Waals surface area contributed by atoms with Crippen LogP contribution < -0.4 is 10.6 Å². The van der Waals surface area contributed by atoms with Crippen molar-refractivity contribution in [3.63, 3.8) is 0 Å². The third-order valence-corrected chi connectivity index (χ3v) is 7.43. The van der Waals surface area contributed by atoms with E-state index in [4.69, 9.17) is 0 Å². The highest BCUT2D eigenvalue weighted by Crippen LogP contribution is 2.38. The van der Waals surface area contributed by atoms with Crippen LogP contribution in [0.2, 0.25) is 0 Å². The monoisotopic (exact) mass is 472 g/mol. The summed E-state index contributed by atoms with van der Waals surface area (Å²) in [6.07, 6.45) is 0.412. The van der Waals surface area contributed by atoms with Gasteiger partial charge in [0.1, 0.15) is 5.82 Å². The number of halogens is 3. The number of hydrogen-bond acceptors (Lipinski definition) is 4. The molecule has 0 aliphatic carbocycles. The SMILES string of the molecule is CC1c2scc(C(=O)Nc3cccc(C(F)(F)F)c3)c2CCN1CC1=Cc2cc[nH]c2NC1.